The van der Waals surface area contributed by atoms with Gasteiger partial charge in [-0.1, -0.05) is 0 Å². The number of hydrogen-bond donors (Lipinski definition) is 1. The lowest BCUT2D eigenvalue weighted by atomic mass is 10.3. The number of carbonyl (C=O) groups is 2. The lowest BCUT2D eigenvalue weighted by Crippen LogP contribution is -1.78. The largest absolute Gasteiger partial charge is 0.452 e. The highest BCUT2D eigenvalue weighted by Gasteiger charge is 2.05. The number of aldehydes is 2. The van der Waals surface area contributed by atoms with Crippen molar-refractivity contribution in [2.45, 2.75) is 0 Å². The minimum atomic E-state index is 0.266. The number of aromatic nitrogens is 1. The molecular formula is C10H7NO3. The molecule has 0 atom stereocenters. The summed E-state index contributed by atoms with van der Waals surface area (Å²) in [5, 5.41) is 0. The van der Waals surface area contributed by atoms with Crippen molar-refractivity contribution in [3.8, 4) is 11.5 Å². The van der Waals surface area contributed by atoms with Crippen LogP contribution in [-0.4, -0.2) is 17.6 Å². The van der Waals surface area contributed by atoms with E-state index in [0.717, 1.165) is 0 Å². The van der Waals surface area contributed by atoms with E-state index in [1.54, 1.807) is 24.3 Å². The third-order valence-corrected chi connectivity index (χ3v) is 1.84. The van der Waals surface area contributed by atoms with Gasteiger partial charge in [0.25, 0.3) is 0 Å². The Bertz CT molecular complexity index is 423. The number of rotatable bonds is 3. The van der Waals surface area contributed by atoms with Crippen molar-refractivity contribution >= 4 is 12.6 Å². The second-order valence-electron chi connectivity index (χ2n) is 2.77. The zero-order valence-electron chi connectivity index (χ0n) is 7.19. The van der Waals surface area contributed by atoms with Crippen LogP contribution in [0, 0.1) is 0 Å². The molecule has 2 aromatic rings. The first-order valence-corrected chi connectivity index (χ1v) is 4.03. The van der Waals surface area contributed by atoms with Gasteiger partial charge in [-0.15, -0.1) is 0 Å². The number of furan rings is 1. The van der Waals surface area contributed by atoms with Crippen molar-refractivity contribution in [2.24, 2.45) is 0 Å². The Balaban J connectivity index is 2.38. The van der Waals surface area contributed by atoms with Crippen molar-refractivity contribution in [3.05, 3.63) is 35.7 Å². The van der Waals surface area contributed by atoms with Gasteiger partial charge in [0.2, 0.25) is 0 Å². The van der Waals surface area contributed by atoms with Gasteiger partial charge in [0, 0.05) is 0 Å². The van der Waals surface area contributed by atoms with Gasteiger partial charge in [0.1, 0.15) is 0 Å². The lowest BCUT2D eigenvalue weighted by Gasteiger charge is -1.89. The van der Waals surface area contributed by atoms with E-state index >= 15 is 0 Å². The van der Waals surface area contributed by atoms with E-state index in [9.17, 15) is 9.59 Å². The molecule has 0 saturated heterocycles. The summed E-state index contributed by atoms with van der Waals surface area (Å²) >= 11 is 0. The summed E-state index contributed by atoms with van der Waals surface area (Å²) in [7, 11) is 0. The van der Waals surface area contributed by atoms with E-state index in [-0.39, 0.29) is 5.76 Å². The number of hydrogen-bond acceptors (Lipinski definition) is 3. The standard InChI is InChI=1S/C10H7NO3/c12-5-7-1-3-9(11-7)10-4-2-8(6-13)14-10/h1-6,11H. The lowest BCUT2D eigenvalue weighted by molar-refractivity contribution is 0.109. The topological polar surface area (TPSA) is 63.1 Å². The summed E-state index contributed by atoms with van der Waals surface area (Å²) in [5.41, 5.74) is 1.16. The Labute approximate surface area is 79.5 Å². The zero-order chi connectivity index (χ0) is 9.97. The molecule has 4 heteroatoms. The normalized spacial score (nSPS) is 10.0. The Morgan fingerprint density at radius 2 is 1.93 bits per heavy atom. The summed E-state index contributed by atoms with van der Waals surface area (Å²) in [5.74, 6) is 0.808. The first-order valence-electron chi connectivity index (χ1n) is 4.03. The van der Waals surface area contributed by atoms with Crippen LogP contribution in [0.3, 0.4) is 0 Å². The zero-order valence-corrected chi connectivity index (χ0v) is 7.19. The molecule has 1 N–H and O–H groups in total. The molecule has 0 saturated carbocycles. The molecule has 0 radical (unpaired) electrons. The molecule has 2 rings (SSSR count). The minimum Gasteiger partial charge on any atom is -0.452 e. The molecule has 0 aliphatic rings. The monoisotopic (exact) mass is 189 g/mol. The highest BCUT2D eigenvalue weighted by Crippen LogP contribution is 2.20. The van der Waals surface area contributed by atoms with E-state index in [0.29, 0.717) is 29.7 Å². The van der Waals surface area contributed by atoms with Crippen molar-refractivity contribution in [1.82, 2.24) is 4.98 Å². The van der Waals surface area contributed by atoms with Gasteiger partial charge in [-0.25, -0.2) is 0 Å². The van der Waals surface area contributed by atoms with E-state index in [1.807, 2.05) is 0 Å². The van der Waals surface area contributed by atoms with Crippen molar-refractivity contribution in [1.29, 1.82) is 0 Å². The maximum Gasteiger partial charge on any atom is 0.185 e. The molecule has 2 heterocycles. The van der Waals surface area contributed by atoms with Crippen molar-refractivity contribution < 1.29 is 14.0 Å². The number of nitrogens with one attached hydrogen (secondary N) is 1. The summed E-state index contributed by atoms with van der Waals surface area (Å²) < 4.78 is 5.16. The van der Waals surface area contributed by atoms with E-state index in [1.165, 1.54) is 0 Å². The molecule has 0 aliphatic carbocycles. The maximum absolute atomic E-state index is 10.4. The van der Waals surface area contributed by atoms with Gasteiger partial charge < -0.3 is 9.40 Å². The number of aromatic amines is 1. The first kappa shape index (κ1) is 8.50. The quantitative estimate of drug-likeness (QED) is 0.750. The van der Waals surface area contributed by atoms with Gasteiger partial charge >= 0.3 is 0 Å². The van der Waals surface area contributed by atoms with Gasteiger partial charge in [-0.2, -0.15) is 0 Å². The predicted molar refractivity (Wildman–Crippen MR) is 49.3 cm³/mol. The van der Waals surface area contributed by atoms with Crippen LogP contribution >= 0.6 is 0 Å². The molecule has 0 bridgehead atoms. The van der Waals surface area contributed by atoms with Crippen LogP contribution in [0.1, 0.15) is 21.0 Å². The van der Waals surface area contributed by atoms with E-state index in [2.05, 4.69) is 4.98 Å². The van der Waals surface area contributed by atoms with Crippen LogP contribution in [0.5, 0.6) is 0 Å². The molecule has 0 unspecified atom stereocenters. The summed E-state index contributed by atoms with van der Waals surface area (Å²) in [6, 6.07) is 6.61. The van der Waals surface area contributed by atoms with E-state index in [4.69, 9.17) is 4.42 Å². The smallest absolute Gasteiger partial charge is 0.185 e. The van der Waals surface area contributed by atoms with Crippen LogP contribution in [0.4, 0.5) is 0 Å². The van der Waals surface area contributed by atoms with Gasteiger partial charge in [0.15, 0.2) is 24.1 Å². The first-order chi connectivity index (χ1) is 6.83. The Morgan fingerprint density at radius 3 is 2.50 bits per heavy atom. The average Bonchev–Trinajstić information content (AvgIpc) is 2.86. The third-order valence-electron chi connectivity index (χ3n) is 1.84. The molecule has 0 spiro atoms. The number of H-pyrrole nitrogens is 1. The van der Waals surface area contributed by atoms with Crippen LogP contribution < -0.4 is 0 Å². The Kier molecular flexibility index (Phi) is 2.02. The summed E-state index contributed by atoms with van der Waals surface area (Å²) in [6.07, 6.45) is 1.35. The fraction of sp³-hybridized carbons (Fsp3) is 0. The Hall–Kier alpha value is -2.10. The highest BCUT2D eigenvalue weighted by atomic mass is 16.3. The van der Waals surface area contributed by atoms with Gasteiger partial charge in [-0.3, -0.25) is 9.59 Å². The molecular weight excluding hydrogens is 182 g/mol. The molecule has 0 aliphatic heterocycles. The SMILES string of the molecule is O=Cc1ccc(-c2ccc(C=O)o2)[nH]1. The fourth-order valence-corrected chi connectivity index (χ4v) is 1.19. The molecule has 0 amide bonds. The Morgan fingerprint density at radius 1 is 1.07 bits per heavy atom. The van der Waals surface area contributed by atoms with Crippen molar-refractivity contribution in [2.75, 3.05) is 0 Å². The molecule has 14 heavy (non-hydrogen) atoms. The molecule has 2 aromatic heterocycles. The third kappa shape index (κ3) is 1.37. The van der Waals surface area contributed by atoms with Crippen LogP contribution in [0.25, 0.3) is 11.5 Å². The molecule has 70 valence electrons. The minimum absolute atomic E-state index is 0.266. The number of carbonyl (C=O) groups excluding carboxylic acids is 2. The molecule has 4 nitrogen and oxygen atoms in total. The molecule has 0 fully saturated rings. The summed E-state index contributed by atoms with van der Waals surface area (Å²) in [6.45, 7) is 0. The van der Waals surface area contributed by atoms with Crippen LogP contribution in [0.2, 0.25) is 0 Å². The maximum atomic E-state index is 10.4. The van der Waals surface area contributed by atoms with Crippen LogP contribution in [-0.2, 0) is 0 Å². The molecule has 0 aromatic carbocycles. The van der Waals surface area contributed by atoms with Crippen molar-refractivity contribution in [3.63, 3.8) is 0 Å². The average molecular weight is 189 g/mol. The second kappa shape index (κ2) is 3.33. The van der Waals surface area contributed by atoms with Crippen LogP contribution in [0.15, 0.2) is 28.7 Å². The highest BCUT2D eigenvalue weighted by molar-refractivity contribution is 5.75. The van der Waals surface area contributed by atoms with E-state index < -0.39 is 0 Å². The summed E-state index contributed by atoms with van der Waals surface area (Å²) in [4.78, 5) is 23.6. The van der Waals surface area contributed by atoms with Gasteiger partial charge in [0.05, 0.1) is 11.4 Å². The van der Waals surface area contributed by atoms with Gasteiger partial charge in [-0.05, 0) is 24.3 Å². The predicted octanol–water partition coefficient (Wildman–Crippen LogP) is 1.90. The second-order valence-corrected chi connectivity index (χ2v) is 2.77. The fourth-order valence-electron chi connectivity index (χ4n) is 1.19.